The van der Waals surface area contributed by atoms with Gasteiger partial charge in [0.15, 0.2) is 17.4 Å². The minimum Gasteiger partial charge on any atom is -0.485 e. The van der Waals surface area contributed by atoms with Gasteiger partial charge in [0.2, 0.25) is 11.6 Å². The molecular formula is C10H9F4NO3. The highest BCUT2D eigenvalue weighted by Gasteiger charge is 2.31. The molecule has 0 aromatic heterocycles. The standard InChI is InChI=1S/C10H9F4NO3/c1-10(15,9(16)17)3-18-8-6(13)4(11)2-5(12)7(8)14/h2H,3,15H2,1H3,(H,16,17). The first kappa shape index (κ1) is 14.2. The van der Waals surface area contributed by atoms with Gasteiger partial charge in [0.1, 0.15) is 12.1 Å². The number of carboxylic acid groups (broad SMARTS) is 1. The highest BCUT2D eigenvalue weighted by atomic mass is 19.2. The summed E-state index contributed by atoms with van der Waals surface area (Å²) >= 11 is 0. The Morgan fingerprint density at radius 2 is 1.78 bits per heavy atom. The van der Waals surface area contributed by atoms with E-state index < -0.39 is 47.1 Å². The zero-order valence-electron chi connectivity index (χ0n) is 9.14. The summed E-state index contributed by atoms with van der Waals surface area (Å²) in [5.41, 5.74) is 3.27. The maximum absolute atomic E-state index is 13.1. The van der Waals surface area contributed by atoms with Crippen LogP contribution in [0.2, 0.25) is 0 Å². The Kier molecular flexibility index (Phi) is 3.80. The molecule has 100 valence electrons. The van der Waals surface area contributed by atoms with E-state index in [0.717, 1.165) is 6.92 Å². The van der Waals surface area contributed by atoms with Crippen LogP contribution in [0.3, 0.4) is 0 Å². The van der Waals surface area contributed by atoms with Gasteiger partial charge in [-0.2, -0.15) is 8.78 Å². The average molecular weight is 267 g/mol. The smallest absolute Gasteiger partial charge is 0.326 e. The third-order valence-electron chi connectivity index (χ3n) is 2.08. The van der Waals surface area contributed by atoms with E-state index in [1.165, 1.54) is 0 Å². The summed E-state index contributed by atoms with van der Waals surface area (Å²) < 4.78 is 56.2. The summed E-state index contributed by atoms with van der Waals surface area (Å²) in [6, 6.07) is 0.0103. The van der Waals surface area contributed by atoms with Gasteiger partial charge in [0, 0.05) is 6.07 Å². The quantitative estimate of drug-likeness (QED) is 0.639. The molecule has 4 nitrogen and oxygen atoms in total. The highest BCUT2D eigenvalue weighted by molar-refractivity contribution is 5.78. The fourth-order valence-corrected chi connectivity index (χ4v) is 0.962. The first-order valence-corrected chi connectivity index (χ1v) is 4.65. The van der Waals surface area contributed by atoms with Crippen molar-refractivity contribution in [1.82, 2.24) is 0 Å². The molecule has 0 aliphatic rings. The Balaban J connectivity index is 3.02. The van der Waals surface area contributed by atoms with Crippen molar-refractivity contribution in [2.24, 2.45) is 5.73 Å². The van der Waals surface area contributed by atoms with E-state index in [0.29, 0.717) is 0 Å². The van der Waals surface area contributed by atoms with Gasteiger partial charge >= 0.3 is 5.97 Å². The molecule has 0 saturated carbocycles. The van der Waals surface area contributed by atoms with Crippen LogP contribution >= 0.6 is 0 Å². The molecule has 0 heterocycles. The van der Waals surface area contributed by atoms with E-state index in [1.807, 2.05) is 0 Å². The molecule has 1 aromatic rings. The fourth-order valence-electron chi connectivity index (χ4n) is 0.962. The van der Waals surface area contributed by atoms with Crippen molar-refractivity contribution in [1.29, 1.82) is 0 Å². The number of aliphatic carboxylic acids is 1. The third-order valence-corrected chi connectivity index (χ3v) is 2.08. The van der Waals surface area contributed by atoms with Gasteiger partial charge in [-0.15, -0.1) is 0 Å². The number of carboxylic acids is 1. The van der Waals surface area contributed by atoms with Crippen LogP contribution in [0, 0.1) is 23.3 Å². The molecule has 0 radical (unpaired) electrons. The number of rotatable bonds is 4. The lowest BCUT2D eigenvalue weighted by atomic mass is 10.1. The van der Waals surface area contributed by atoms with E-state index in [2.05, 4.69) is 4.74 Å². The molecule has 18 heavy (non-hydrogen) atoms. The Morgan fingerprint density at radius 3 is 2.17 bits per heavy atom. The Hall–Kier alpha value is -1.83. The lowest BCUT2D eigenvalue weighted by Crippen LogP contribution is -2.50. The van der Waals surface area contributed by atoms with E-state index in [4.69, 9.17) is 10.8 Å². The number of hydrogen-bond acceptors (Lipinski definition) is 3. The third kappa shape index (κ3) is 2.70. The molecule has 0 saturated heterocycles. The molecule has 0 amide bonds. The monoisotopic (exact) mass is 267 g/mol. The maximum atomic E-state index is 13.1. The van der Waals surface area contributed by atoms with Crippen LogP contribution in [0.1, 0.15) is 6.92 Å². The van der Waals surface area contributed by atoms with Crippen molar-refractivity contribution in [3.63, 3.8) is 0 Å². The first-order valence-electron chi connectivity index (χ1n) is 4.65. The predicted molar refractivity (Wildman–Crippen MR) is 52.0 cm³/mol. The van der Waals surface area contributed by atoms with Crippen molar-refractivity contribution in [2.45, 2.75) is 12.5 Å². The molecule has 3 N–H and O–H groups in total. The van der Waals surface area contributed by atoms with E-state index in [9.17, 15) is 22.4 Å². The van der Waals surface area contributed by atoms with Crippen molar-refractivity contribution >= 4 is 5.97 Å². The molecule has 1 unspecified atom stereocenters. The number of benzene rings is 1. The summed E-state index contributed by atoms with van der Waals surface area (Å²) in [5.74, 6) is -9.66. The van der Waals surface area contributed by atoms with Crippen LogP contribution in [0.4, 0.5) is 17.6 Å². The zero-order chi connectivity index (χ0) is 14.1. The number of ether oxygens (including phenoxy) is 1. The summed E-state index contributed by atoms with van der Waals surface area (Å²) in [4.78, 5) is 10.6. The molecule has 0 spiro atoms. The Bertz CT molecular complexity index is 464. The van der Waals surface area contributed by atoms with Gasteiger partial charge in [0.05, 0.1) is 0 Å². The van der Waals surface area contributed by atoms with Crippen molar-refractivity contribution in [3.8, 4) is 5.75 Å². The average Bonchev–Trinajstić information content (AvgIpc) is 2.26. The lowest BCUT2D eigenvalue weighted by Gasteiger charge is -2.20. The number of hydrogen-bond donors (Lipinski definition) is 2. The topological polar surface area (TPSA) is 72.5 Å². The summed E-state index contributed by atoms with van der Waals surface area (Å²) in [7, 11) is 0. The van der Waals surface area contributed by atoms with Crippen LogP contribution in [0.15, 0.2) is 6.07 Å². The number of carbonyl (C=O) groups is 1. The minimum absolute atomic E-state index is 0.0103. The number of halogens is 4. The van der Waals surface area contributed by atoms with Crippen LogP contribution in [0.5, 0.6) is 5.75 Å². The molecule has 0 bridgehead atoms. The van der Waals surface area contributed by atoms with Crippen LogP contribution in [-0.4, -0.2) is 23.2 Å². The molecule has 0 aliphatic carbocycles. The summed E-state index contributed by atoms with van der Waals surface area (Å²) in [6.07, 6.45) is 0. The molecule has 1 aromatic carbocycles. The first-order chi connectivity index (χ1) is 8.16. The van der Waals surface area contributed by atoms with Gasteiger partial charge in [-0.25, -0.2) is 8.78 Å². The van der Waals surface area contributed by atoms with E-state index >= 15 is 0 Å². The molecular weight excluding hydrogens is 258 g/mol. The van der Waals surface area contributed by atoms with Crippen molar-refractivity contribution < 1.29 is 32.2 Å². The van der Waals surface area contributed by atoms with Crippen LogP contribution in [-0.2, 0) is 4.79 Å². The van der Waals surface area contributed by atoms with Crippen LogP contribution in [0.25, 0.3) is 0 Å². The largest absolute Gasteiger partial charge is 0.485 e. The number of nitrogens with two attached hydrogens (primary N) is 1. The van der Waals surface area contributed by atoms with Gasteiger partial charge in [-0.05, 0) is 6.92 Å². The van der Waals surface area contributed by atoms with Gasteiger partial charge in [-0.3, -0.25) is 4.79 Å². The predicted octanol–water partition coefficient (Wildman–Crippen LogP) is 1.42. The normalized spacial score (nSPS) is 14.1. The Morgan fingerprint density at radius 1 is 1.33 bits per heavy atom. The van der Waals surface area contributed by atoms with Crippen molar-refractivity contribution in [2.75, 3.05) is 6.61 Å². The molecule has 0 fully saturated rings. The second-order valence-electron chi connectivity index (χ2n) is 3.81. The molecule has 0 aliphatic heterocycles. The zero-order valence-corrected chi connectivity index (χ0v) is 9.14. The second-order valence-corrected chi connectivity index (χ2v) is 3.81. The Labute approximate surface area is 99.0 Å². The van der Waals surface area contributed by atoms with Gasteiger partial charge < -0.3 is 15.6 Å². The minimum atomic E-state index is -1.96. The van der Waals surface area contributed by atoms with Crippen LogP contribution < -0.4 is 10.5 Å². The van der Waals surface area contributed by atoms with E-state index in [-0.39, 0.29) is 6.07 Å². The van der Waals surface area contributed by atoms with Gasteiger partial charge in [-0.1, -0.05) is 0 Å². The summed E-state index contributed by atoms with van der Waals surface area (Å²) in [5, 5.41) is 8.63. The molecule has 1 atom stereocenters. The summed E-state index contributed by atoms with van der Waals surface area (Å²) in [6.45, 7) is 0.153. The lowest BCUT2D eigenvalue weighted by molar-refractivity contribution is -0.143. The van der Waals surface area contributed by atoms with Crippen molar-refractivity contribution in [3.05, 3.63) is 29.3 Å². The SMILES string of the molecule is CC(N)(COc1c(F)c(F)cc(F)c1F)C(=O)O. The maximum Gasteiger partial charge on any atom is 0.326 e. The highest BCUT2D eigenvalue weighted by Crippen LogP contribution is 2.26. The van der Waals surface area contributed by atoms with Gasteiger partial charge in [0.25, 0.3) is 0 Å². The molecule has 8 heteroatoms. The molecule has 1 rings (SSSR count). The van der Waals surface area contributed by atoms with E-state index in [1.54, 1.807) is 0 Å². The fraction of sp³-hybridized carbons (Fsp3) is 0.300. The second kappa shape index (κ2) is 4.81.